The number of benzene rings is 1. The summed E-state index contributed by atoms with van der Waals surface area (Å²) < 4.78 is 11.3. The van der Waals surface area contributed by atoms with E-state index in [0.717, 1.165) is 5.75 Å². The van der Waals surface area contributed by atoms with Gasteiger partial charge in [-0.3, -0.25) is 0 Å². The van der Waals surface area contributed by atoms with Crippen LogP contribution in [-0.2, 0) is 6.61 Å². The van der Waals surface area contributed by atoms with E-state index in [1.54, 1.807) is 4.90 Å². The first kappa shape index (κ1) is 18.9. The van der Waals surface area contributed by atoms with Gasteiger partial charge in [0, 0.05) is 14.1 Å². The zero-order chi connectivity index (χ0) is 19.4. The Morgan fingerprint density at radius 2 is 1.89 bits per heavy atom. The predicted octanol–water partition coefficient (Wildman–Crippen LogP) is 2.64. The standard InChI is InChI=1S/C17H21N7O2S/c1-10-5-7-12(8-6-10)25-9-13-22-23-17(26-13)27-11(2)14-19-15(18)21-16(20-14)24(3)4/h5-8,11H,9H2,1-4H3,(H2,18,19,20,21)/t11-/m0/s1. The van der Waals surface area contributed by atoms with Gasteiger partial charge in [0.05, 0.1) is 5.25 Å². The number of rotatable bonds is 7. The van der Waals surface area contributed by atoms with E-state index in [9.17, 15) is 0 Å². The first-order valence-electron chi connectivity index (χ1n) is 8.28. The smallest absolute Gasteiger partial charge is 0.277 e. The zero-order valence-electron chi connectivity index (χ0n) is 15.6. The van der Waals surface area contributed by atoms with Crippen molar-refractivity contribution in [3.8, 4) is 5.75 Å². The van der Waals surface area contributed by atoms with Gasteiger partial charge in [0.25, 0.3) is 11.1 Å². The third-order valence-electron chi connectivity index (χ3n) is 3.53. The summed E-state index contributed by atoms with van der Waals surface area (Å²) >= 11 is 1.35. The number of aryl methyl sites for hydroxylation is 1. The molecule has 0 spiro atoms. The summed E-state index contributed by atoms with van der Waals surface area (Å²) in [6.07, 6.45) is 0. The number of nitrogens with two attached hydrogens (primary N) is 1. The normalized spacial score (nSPS) is 12.0. The Labute approximate surface area is 161 Å². The molecule has 0 aliphatic heterocycles. The van der Waals surface area contributed by atoms with Crippen LogP contribution in [0.2, 0.25) is 0 Å². The van der Waals surface area contributed by atoms with E-state index < -0.39 is 0 Å². The molecule has 1 atom stereocenters. The molecule has 142 valence electrons. The average Bonchev–Trinajstić information content (AvgIpc) is 3.08. The molecule has 27 heavy (non-hydrogen) atoms. The molecule has 2 N–H and O–H groups in total. The van der Waals surface area contributed by atoms with Crippen LogP contribution in [0.1, 0.15) is 29.5 Å². The summed E-state index contributed by atoms with van der Waals surface area (Å²) in [6, 6.07) is 7.76. The van der Waals surface area contributed by atoms with E-state index >= 15 is 0 Å². The molecule has 0 bridgehead atoms. The topological polar surface area (TPSA) is 116 Å². The maximum atomic E-state index is 5.77. The van der Waals surface area contributed by atoms with Gasteiger partial charge in [0.1, 0.15) is 11.6 Å². The first-order valence-corrected chi connectivity index (χ1v) is 9.16. The maximum absolute atomic E-state index is 5.77. The van der Waals surface area contributed by atoms with Crippen LogP contribution in [0.3, 0.4) is 0 Å². The lowest BCUT2D eigenvalue weighted by Gasteiger charge is -2.13. The molecule has 0 saturated carbocycles. The molecule has 3 aromatic rings. The highest BCUT2D eigenvalue weighted by Crippen LogP contribution is 2.32. The largest absolute Gasteiger partial charge is 0.484 e. The summed E-state index contributed by atoms with van der Waals surface area (Å²) in [5.41, 5.74) is 6.94. The molecule has 0 fully saturated rings. The fourth-order valence-electron chi connectivity index (χ4n) is 2.11. The Kier molecular flexibility index (Phi) is 5.75. The fourth-order valence-corrected chi connectivity index (χ4v) is 2.85. The van der Waals surface area contributed by atoms with Gasteiger partial charge in [-0.1, -0.05) is 29.5 Å². The van der Waals surface area contributed by atoms with E-state index in [2.05, 4.69) is 25.1 Å². The van der Waals surface area contributed by atoms with E-state index in [1.165, 1.54) is 17.3 Å². The van der Waals surface area contributed by atoms with Crippen molar-refractivity contribution in [1.29, 1.82) is 0 Å². The van der Waals surface area contributed by atoms with Crippen LogP contribution in [0.4, 0.5) is 11.9 Å². The van der Waals surface area contributed by atoms with Crippen LogP contribution in [0, 0.1) is 6.92 Å². The molecule has 3 rings (SSSR count). The highest BCUT2D eigenvalue weighted by molar-refractivity contribution is 7.99. The van der Waals surface area contributed by atoms with Crippen molar-refractivity contribution in [2.24, 2.45) is 0 Å². The molecule has 0 aliphatic carbocycles. The van der Waals surface area contributed by atoms with Crippen molar-refractivity contribution in [1.82, 2.24) is 25.1 Å². The zero-order valence-corrected chi connectivity index (χ0v) is 16.4. The van der Waals surface area contributed by atoms with Crippen LogP contribution >= 0.6 is 11.8 Å². The Bertz CT molecular complexity index is 899. The second-order valence-corrected chi connectivity index (χ2v) is 7.36. The number of ether oxygens (including phenoxy) is 1. The third-order valence-corrected chi connectivity index (χ3v) is 4.46. The van der Waals surface area contributed by atoms with Crippen LogP contribution in [0.15, 0.2) is 33.9 Å². The molecule has 2 aromatic heterocycles. The van der Waals surface area contributed by atoms with Gasteiger partial charge >= 0.3 is 0 Å². The molecule has 0 radical (unpaired) electrons. The summed E-state index contributed by atoms with van der Waals surface area (Å²) in [6.45, 7) is 4.16. The SMILES string of the molecule is Cc1ccc(OCc2nnc(S[C@@H](C)c3nc(N)nc(N(C)C)n3)o2)cc1. The summed E-state index contributed by atoms with van der Waals surface area (Å²) in [5, 5.41) is 8.33. The molecule has 0 aliphatic rings. The summed E-state index contributed by atoms with van der Waals surface area (Å²) in [5.74, 6) is 2.37. The van der Waals surface area contributed by atoms with Gasteiger partial charge in [0.2, 0.25) is 11.9 Å². The van der Waals surface area contributed by atoms with E-state index in [1.807, 2.05) is 52.2 Å². The third kappa shape index (κ3) is 5.07. The van der Waals surface area contributed by atoms with Crippen molar-refractivity contribution < 1.29 is 9.15 Å². The average molecular weight is 387 g/mol. The van der Waals surface area contributed by atoms with Crippen LogP contribution in [-0.4, -0.2) is 39.2 Å². The second-order valence-electron chi connectivity index (χ2n) is 6.07. The quantitative estimate of drug-likeness (QED) is 0.606. The Hall–Kier alpha value is -2.88. The Balaban J connectivity index is 1.62. The van der Waals surface area contributed by atoms with Crippen LogP contribution in [0.25, 0.3) is 0 Å². The lowest BCUT2D eigenvalue weighted by molar-refractivity contribution is 0.252. The van der Waals surface area contributed by atoms with Crippen LogP contribution in [0.5, 0.6) is 5.75 Å². The molecule has 2 heterocycles. The lowest BCUT2D eigenvalue weighted by atomic mass is 10.2. The predicted molar refractivity (Wildman–Crippen MR) is 103 cm³/mol. The highest BCUT2D eigenvalue weighted by atomic mass is 32.2. The molecule has 0 saturated heterocycles. The van der Waals surface area contributed by atoms with Gasteiger partial charge in [0.15, 0.2) is 6.61 Å². The monoisotopic (exact) mass is 387 g/mol. The number of hydrogen-bond donors (Lipinski definition) is 1. The van der Waals surface area contributed by atoms with E-state index in [-0.39, 0.29) is 17.8 Å². The molecular weight excluding hydrogens is 366 g/mol. The number of thioether (sulfide) groups is 1. The maximum Gasteiger partial charge on any atom is 0.277 e. The Morgan fingerprint density at radius 3 is 2.59 bits per heavy atom. The van der Waals surface area contributed by atoms with Crippen molar-refractivity contribution in [3.63, 3.8) is 0 Å². The molecule has 1 aromatic carbocycles. The van der Waals surface area contributed by atoms with E-state index in [4.69, 9.17) is 14.9 Å². The summed E-state index contributed by atoms with van der Waals surface area (Å²) in [4.78, 5) is 14.5. The van der Waals surface area contributed by atoms with Gasteiger partial charge in [-0.15, -0.1) is 10.2 Å². The number of aromatic nitrogens is 5. The summed E-state index contributed by atoms with van der Waals surface area (Å²) in [7, 11) is 3.68. The van der Waals surface area contributed by atoms with Gasteiger partial charge in [-0.25, -0.2) is 0 Å². The molecule has 0 unspecified atom stereocenters. The van der Waals surface area contributed by atoms with Gasteiger partial charge in [-0.05, 0) is 26.0 Å². The van der Waals surface area contributed by atoms with E-state index in [0.29, 0.717) is 22.9 Å². The highest BCUT2D eigenvalue weighted by Gasteiger charge is 2.18. The minimum atomic E-state index is -0.139. The van der Waals surface area contributed by atoms with Crippen molar-refractivity contribution in [3.05, 3.63) is 41.5 Å². The van der Waals surface area contributed by atoms with Crippen molar-refractivity contribution >= 4 is 23.7 Å². The minimum absolute atomic E-state index is 0.139. The van der Waals surface area contributed by atoms with Crippen LogP contribution < -0.4 is 15.4 Å². The van der Waals surface area contributed by atoms with Crippen molar-refractivity contribution in [2.45, 2.75) is 30.9 Å². The second kappa shape index (κ2) is 8.21. The number of nitrogens with zero attached hydrogens (tertiary/aromatic N) is 6. The number of nitrogen functional groups attached to an aromatic ring is 1. The lowest BCUT2D eigenvalue weighted by Crippen LogP contribution is -2.16. The fraction of sp³-hybridized carbons (Fsp3) is 0.353. The molecule has 0 amide bonds. The van der Waals surface area contributed by atoms with Gasteiger partial charge < -0.3 is 19.8 Å². The number of anilines is 2. The molecule has 10 heteroatoms. The molecular formula is C17H21N7O2S. The van der Waals surface area contributed by atoms with Crippen molar-refractivity contribution in [2.75, 3.05) is 24.7 Å². The minimum Gasteiger partial charge on any atom is -0.484 e. The van der Waals surface area contributed by atoms with Gasteiger partial charge in [-0.2, -0.15) is 15.0 Å². The number of hydrogen-bond acceptors (Lipinski definition) is 10. The molecule has 9 nitrogen and oxygen atoms in total. The first-order chi connectivity index (χ1) is 12.9. The Morgan fingerprint density at radius 1 is 1.15 bits per heavy atom.